The minimum absolute atomic E-state index is 0.129. The van der Waals surface area contributed by atoms with E-state index in [1.165, 1.54) is 12.1 Å². The van der Waals surface area contributed by atoms with Crippen LogP contribution in [0.4, 0.5) is 0 Å². The van der Waals surface area contributed by atoms with E-state index in [1.807, 2.05) is 0 Å². The van der Waals surface area contributed by atoms with E-state index in [1.54, 1.807) is 18.2 Å². The molecule has 0 amide bonds. The molecular weight excluding hydrogens is 593 g/mol. The molecule has 0 unspecified atom stereocenters. The number of para-hydroxylation sites is 1. The number of benzene rings is 9. The molecule has 228 valence electrons. The molecule has 10 rings (SSSR count). The second-order valence-electron chi connectivity index (χ2n) is 10.9. The molecule has 1 heterocycles. The Morgan fingerprint density at radius 3 is 1.65 bits per heavy atom. The highest BCUT2D eigenvalue weighted by Crippen LogP contribution is 2.52. The van der Waals surface area contributed by atoms with Crippen molar-refractivity contribution in [3.63, 3.8) is 0 Å². The van der Waals surface area contributed by atoms with Gasteiger partial charge in [0.2, 0.25) is 0 Å². The summed E-state index contributed by atoms with van der Waals surface area (Å²) in [4.78, 5) is 0. The Morgan fingerprint density at radius 2 is 0.918 bits per heavy atom. The molecule has 0 saturated carbocycles. The van der Waals surface area contributed by atoms with E-state index in [0.717, 1.165) is 0 Å². The Labute approximate surface area is 319 Å². The predicted molar refractivity (Wildman–Crippen MR) is 208 cm³/mol. The maximum atomic E-state index is 9.70. The Hall–Kier alpha value is -6.44. The SMILES string of the molecule is [2H]c1c([2H])c([2H])c(-c2c([2H])c([2H])c([2H])c3c(-c4c5c([2H])c([2H])c([2H])c([2H])c5c(-c5ccccc5)c5c([2H])c([2H])c([2H])c([2H])c45)c(-c4c([2H])c([2H])c([2H])c5c([2H])c([2H])c6c([2H])c([2H])c([2H])c([2H])c6c45)oc23)c([2H])c1[2H]. The van der Waals surface area contributed by atoms with Gasteiger partial charge < -0.3 is 4.42 Å². The lowest BCUT2D eigenvalue weighted by Gasteiger charge is -2.18. The molecule has 0 spiro atoms. The van der Waals surface area contributed by atoms with Crippen LogP contribution in [-0.4, -0.2) is 0 Å². The van der Waals surface area contributed by atoms with E-state index < -0.39 is 228 Å². The molecule has 0 saturated heterocycles. The Balaban J connectivity index is 1.65. The number of rotatable bonds is 4. The van der Waals surface area contributed by atoms with Gasteiger partial charge in [0.25, 0.3) is 0 Å². The van der Waals surface area contributed by atoms with Crippen LogP contribution in [0.25, 0.3) is 98.8 Å². The summed E-state index contributed by atoms with van der Waals surface area (Å²) in [7, 11) is 0. The lowest BCUT2D eigenvalue weighted by molar-refractivity contribution is 0.634. The molecule has 0 N–H and O–H groups in total. The van der Waals surface area contributed by atoms with Crippen molar-refractivity contribution in [2.24, 2.45) is 0 Å². The molecule has 1 nitrogen and oxygen atoms in total. The van der Waals surface area contributed by atoms with Crippen molar-refractivity contribution < 1.29 is 38.7 Å². The first kappa shape index (κ1) is 12.5. The van der Waals surface area contributed by atoms with Crippen LogP contribution in [0.2, 0.25) is 0 Å². The lowest BCUT2D eigenvalue weighted by atomic mass is 9.84. The fourth-order valence-corrected chi connectivity index (χ4v) is 6.31. The van der Waals surface area contributed by atoms with Crippen LogP contribution in [0.15, 0.2) is 186 Å². The van der Waals surface area contributed by atoms with Crippen molar-refractivity contribution in [2.45, 2.75) is 0 Å². The van der Waals surface area contributed by atoms with Crippen molar-refractivity contribution >= 4 is 54.1 Å². The maximum absolute atomic E-state index is 9.70. The summed E-state index contributed by atoms with van der Waals surface area (Å²) >= 11 is 0. The molecular formula is C48H30O. The van der Waals surface area contributed by atoms with Crippen LogP contribution in [0.1, 0.15) is 34.3 Å². The molecule has 0 bridgehead atoms. The Morgan fingerprint density at radius 1 is 0.367 bits per heavy atom. The average Bonchev–Trinajstić information content (AvgIpc) is 3.77. The predicted octanol–water partition coefficient (Wildman–Crippen LogP) is 13.7. The number of hydrogen-bond donors (Lipinski definition) is 0. The molecule has 1 heteroatoms. The van der Waals surface area contributed by atoms with E-state index in [-0.39, 0.29) is 21.9 Å². The van der Waals surface area contributed by atoms with Gasteiger partial charge in [-0.3, -0.25) is 0 Å². The first-order valence-corrected chi connectivity index (χ1v) is 14.8. The Kier molecular flexibility index (Phi) is 2.84. The third-order valence-electron chi connectivity index (χ3n) is 8.30. The highest BCUT2D eigenvalue weighted by molar-refractivity contribution is 6.26. The highest BCUT2D eigenvalue weighted by atomic mass is 16.3. The third-order valence-corrected chi connectivity index (χ3v) is 8.30. The molecule has 0 fully saturated rings. The number of hydrogen-bond acceptors (Lipinski definition) is 1. The largest absolute Gasteiger partial charge is 0.455 e. The number of fused-ring (bicyclic) bond motifs is 6. The van der Waals surface area contributed by atoms with Crippen LogP contribution < -0.4 is 0 Å². The molecule has 1 aromatic heterocycles. The van der Waals surface area contributed by atoms with Crippen molar-refractivity contribution in [1.29, 1.82) is 0 Å². The highest BCUT2D eigenvalue weighted by Gasteiger charge is 2.26. The zero-order valence-electron chi connectivity index (χ0n) is 49.8. The van der Waals surface area contributed by atoms with E-state index in [4.69, 9.17) is 23.6 Å². The zero-order chi connectivity index (χ0) is 54.1. The average molecular weight is 648 g/mol. The van der Waals surface area contributed by atoms with Crippen molar-refractivity contribution in [3.05, 3.63) is 181 Å². The molecule has 0 atom stereocenters. The van der Waals surface area contributed by atoms with Crippen LogP contribution in [0.3, 0.4) is 0 Å². The first-order valence-electron chi connectivity index (χ1n) is 27.3. The minimum atomic E-state index is -1.00. The summed E-state index contributed by atoms with van der Waals surface area (Å²) in [5.74, 6) is -0.851. The fourth-order valence-electron chi connectivity index (χ4n) is 6.31. The van der Waals surface area contributed by atoms with E-state index >= 15 is 0 Å². The first-order chi connectivity index (χ1) is 34.7. The summed E-state index contributed by atoms with van der Waals surface area (Å²) in [5, 5.41) is -4.92. The normalized spacial score (nSPS) is 18.8. The van der Waals surface area contributed by atoms with Gasteiger partial charge in [0, 0.05) is 33.0 Å². The zero-order valence-corrected chi connectivity index (χ0v) is 24.8. The molecule has 49 heavy (non-hydrogen) atoms. The van der Waals surface area contributed by atoms with Gasteiger partial charge in [0.15, 0.2) is 0 Å². The molecule has 9 aromatic carbocycles. The fraction of sp³-hybridized carbons (Fsp3) is 0. The maximum Gasteiger partial charge on any atom is 0.143 e. The van der Waals surface area contributed by atoms with Gasteiger partial charge in [0.05, 0.1) is 34.3 Å². The Bertz CT molecular complexity index is 4190. The summed E-state index contributed by atoms with van der Waals surface area (Å²) < 4.78 is 234. The van der Waals surface area contributed by atoms with E-state index in [9.17, 15) is 15.1 Å². The van der Waals surface area contributed by atoms with Crippen molar-refractivity contribution in [3.8, 4) is 44.7 Å². The van der Waals surface area contributed by atoms with Crippen molar-refractivity contribution in [1.82, 2.24) is 0 Å². The number of furan rings is 1. The molecule has 0 radical (unpaired) electrons. The summed E-state index contributed by atoms with van der Waals surface area (Å²) in [6.07, 6.45) is 0. The summed E-state index contributed by atoms with van der Waals surface area (Å²) in [6.45, 7) is 0. The molecule has 0 aliphatic heterocycles. The lowest BCUT2D eigenvalue weighted by Crippen LogP contribution is -1.92. The van der Waals surface area contributed by atoms with Gasteiger partial charge in [0.1, 0.15) is 11.3 Å². The summed E-state index contributed by atoms with van der Waals surface area (Å²) in [5.41, 5.74) is -4.26. The van der Waals surface area contributed by atoms with Gasteiger partial charge in [-0.05, 0) is 54.4 Å². The summed E-state index contributed by atoms with van der Waals surface area (Å²) in [6, 6.07) is -14.3. The third kappa shape index (κ3) is 4.26. The van der Waals surface area contributed by atoms with Crippen molar-refractivity contribution in [2.75, 3.05) is 0 Å². The van der Waals surface area contributed by atoms with Crippen LogP contribution in [-0.2, 0) is 0 Å². The molecule has 10 aromatic rings. The topological polar surface area (TPSA) is 13.1 Å². The van der Waals surface area contributed by atoms with E-state index in [2.05, 4.69) is 0 Å². The van der Waals surface area contributed by atoms with Gasteiger partial charge in [-0.1, -0.05) is 181 Å². The standard InChI is InChI=1S/C48H30O/c1-3-15-31(16-4-1)36-26-14-28-42-46(48(49-47(36)42)41-27-13-20-34-30-29-32-17-7-8-21-35(32)43(34)41)45-39-24-11-9-22-37(39)44(33-18-5-2-6-19-33)38-23-10-12-25-40(38)45/h1-30H/i1D,3D,4D,7D,8D,9D,10D,11D,12D,13D,14D,15D,16D,17D,20D,21D,22D,23D,24D,25D,26D,27D,28D,29D,30D. The monoisotopic (exact) mass is 647 g/mol. The quantitative estimate of drug-likeness (QED) is 0.137. The van der Waals surface area contributed by atoms with Gasteiger partial charge in [-0.25, -0.2) is 0 Å². The second-order valence-corrected chi connectivity index (χ2v) is 10.9. The van der Waals surface area contributed by atoms with Gasteiger partial charge in [-0.2, -0.15) is 0 Å². The molecule has 0 aliphatic rings. The minimum Gasteiger partial charge on any atom is -0.455 e. The van der Waals surface area contributed by atoms with Crippen LogP contribution in [0.5, 0.6) is 0 Å². The molecule has 0 aliphatic carbocycles. The van der Waals surface area contributed by atoms with Gasteiger partial charge in [-0.15, -0.1) is 0 Å². The van der Waals surface area contributed by atoms with Crippen LogP contribution in [0, 0.1) is 0 Å². The van der Waals surface area contributed by atoms with Crippen LogP contribution >= 0.6 is 0 Å². The van der Waals surface area contributed by atoms with Gasteiger partial charge >= 0.3 is 0 Å². The smallest absolute Gasteiger partial charge is 0.143 e. The van der Waals surface area contributed by atoms with E-state index in [0.29, 0.717) is 0 Å². The second kappa shape index (κ2) is 11.1.